The summed E-state index contributed by atoms with van der Waals surface area (Å²) in [7, 11) is 0. The zero-order chi connectivity index (χ0) is 15.9. The van der Waals surface area contributed by atoms with Gasteiger partial charge in [0.2, 0.25) is 0 Å². The molecule has 3 rings (SSSR count). The predicted octanol–water partition coefficient (Wildman–Crippen LogP) is 5.04. The number of halogens is 4. The van der Waals surface area contributed by atoms with E-state index in [1.165, 1.54) is 6.07 Å². The first kappa shape index (κ1) is 17.8. The van der Waals surface area contributed by atoms with Crippen LogP contribution in [0.25, 0.3) is 0 Å². The molecule has 0 unspecified atom stereocenters. The number of anilines is 3. The average molecular weight is 435 g/mol. The van der Waals surface area contributed by atoms with Crippen LogP contribution in [-0.4, -0.2) is 17.7 Å². The number of fused-ring (bicyclic) bond motifs is 1. The number of para-hydroxylation sites is 1. The molecule has 1 aromatic carbocycles. The monoisotopic (exact) mass is 435 g/mol. The van der Waals surface area contributed by atoms with Gasteiger partial charge in [0, 0.05) is 17.9 Å². The molecule has 124 valence electrons. The Morgan fingerprint density at radius 3 is 2.35 bits per heavy atom. The fourth-order valence-corrected chi connectivity index (χ4v) is 2.57. The van der Waals surface area contributed by atoms with Crippen molar-refractivity contribution in [3.05, 3.63) is 48.2 Å². The second-order valence-corrected chi connectivity index (χ2v) is 5.53. The maximum absolute atomic E-state index is 12.9. The molecule has 3 nitrogen and oxygen atoms in total. The lowest BCUT2D eigenvalue weighted by Gasteiger charge is -2.24. The molecular weight excluding hydrogens is 418 g/mol. The van der Waals surface area contributed by atoms with Crippen LogP contribution in [0.2, 0.25) is 0 Å². The highest BCUT2D eigenvalue weighted by Gasteiger charge is 2.36. The summed E-state index contributed by atoms with van der Waals surface area (Å²) >= 11 is 0. The summed E-state index contributed by atoms with van der Waals surface area (Å²) in [5.41, 5.74) is 0.722. The number of benzene rings is 1. The SMILES string of the molecule is CC(C)N1CN(c2ccccc2)c2ncc(C(F)(F)F)cc21.I. The van der Waals surface area contributed by atoms with Crippen LogP contribution >= 0.6 is 24.0 Å². The standard InChI is InChI=1S/C16H16F3N3.HI/c1-11(2)21-10-22(13-6-4-3-5-7-13)15-14(21)8-12(9-20-15)16(17,18)19;/h3-9,11H,10H2,1-2H3;1H. The largest absolute Gasteiger partial charge is 0.417 e. The molecular formula is C16H17F3IN3. The van der Waals surface area contributed by atoms with E-state index in [0.29, 0.717) is 18.2 Å². The van der Waals surface area contributed by atoms with Crippen LogP contribution in [0, 0.1) is 0 Å². The van der Waals surface area contributed by atoms with E-state index in [0.717, 1.165) is 11.9 Å². The van der Waals surface area contributed by atoms with Crippen molar-refractivity contribution in [1.29, 1.82) is 0 Å². The molecule has 0 bridgehead atoms. The first-order chi connectivity index (χ1) is 10.4. The van der Waals surface area contributed by atoms with Gasteiger partial charge in [0.1, 0.15) is 0 Å². The number of alkyl halides is 3. The van der Waals surface area contributed by atoms with E-state index in [9.17, 15) is 13.2 Å². The number of hydrogen-bond donors (Lipinski definition) is 0. The molecule has 0 amide bonds. The number of hydrogen-bond acceptors (Lipinski definition) is 3. The first-order valence-electron chi connectivity index (χ1n) is 7.04. The highest BCUT2D eigenvalue weighted by atomic mass is 127. The van der Waals surface area contributed by atoms with E-state index in [4.69, 9.17) is 0 Å². The Hall–Kier alpha value is -1.51. The van der Waals surface area contributed by atoms with Crippen LogP contribution in [0.15, 0.2) is 42.6 Å². The topological polar surface area (TPSA) is 19.4 Å². The highest BCUT2D eigenvalue weighted by molar-refractivity contribution is 14.0. The second-order valence-electron chi connectivity index (χ2n) is 5.53. The van der Waals surface area contributed by atoms with Gasteiger partial charge in [-0.05, 0) is 32.0 Å². The molecule has 0 radical (unpaired) electrons. The van der Waals surface area contributed by atoms with Gasteiger partial charge in [-0.25, -0.2) is 4.98 Å². The van der Waals surface area contributed by atoms with Crippen molar-refractivity contribution in [2.24, 2.45) is 0 Å². The minimum atomic E-state index is -4.38. The van der Waals surface area contributed by atoms with Gasteiger partial charge < -0.3 is 9.80 Å². The van der Waals surface area contributed by atoms with Crippen LogP contribution in [0.5, 0.6) is 0 Å². The summed E-state index contributed by atoms with van der Waals surface area (Å²) in [4.78, 5) is 7.93. The molecule has 0 fully saturated rings. The smallest absolute Gasteiger partial charge is 0.348 e. The molecule has 0 saturated heterocycles. The summed E-state index contributed by atoms with van der Waals surface area (Å²) in [5.74, 6) is 0.563. The molecule has 0 atom stereocenters. The van der Waals surface area contributed by atoms with Crippen LogP contribution in [0.1, 0.15) is 19.4 Å². The van der Waals surface area contributed by atoms with Gasteiger partial charge in [0.05, 0.1) is 17.9 Å². The molecule has 0 aliphatic carbocycles. The van der Waals surface area contributed by atoms with Gasteiger partial charge >= 0.3 is 6.18 Å². The minimum absolute atomic E-state index is 0. The van der Waals surface area contributed by atoms with Crippen molar-refractivity contribution in [2.45, 2.75) is 26.1 Å². The van der Waals surface area contributed by atoms with Crippen LogP contribution in [0.3, 0.4) is 0 Å². The lowest BCUT2D eigenvalue weighted by Crippen LogP contribution is -2.33. The fourth-order valence-electron chi connectivity index (χ4n) is 2.57. The zero-order valence-corrected chi connectivity index (χ0v) is 15.0. The quantitative estimate of drug-likeness (QED) is 0.617. The van der Waals surface area contributed by atoms with Crippen molar-refractivity contribution >= 4 is 41.2 Å². The summed E-state index contributed by atoms with van der Waals surface area (Å²) in [6.07, 6.45) is -3.48. The lowest BCUT2D eigenvalue weighted by molar-refractivity contribution is -0.137. The third-order valence-corrected chi connectivity index (χ3v) is 3.72. The summed E-state index contributed by atoms with van der Waals surface area (Å²) in [6.45, 7) is 4.41. The summed E-state index contributed by atoms with van der Waals surface area (Å²) in [5, 5.41) is 0. The first-order valence-corrected chi connectivity index (χ1v) is 7.04. The Morgan fingerprint density at radius 1 is 1.13 bits per heavy atom. The molecule has 1 aliphatic rings. The molecule has 7 heteroatoms. The van der Waals surface area contributed by atoms with Crippen molar-refractivity contribution in [2.75, 3.05) is 16.5 Å². The summed E-state index contributed by atoms with van der Waals surface area (Å²) < 4.78 is 38.8. The normalized spacial score (nSPS) is 14.0. The zero-order valence-electron chi connectivity index (χ0n) is 12.7. The van der Waals surface area contributed by atoms with Gasteiger partial charge in [-0.15, -0.1) is 24.0 Å². The highest BCUT2D eigenvalue weighted by Crippen LogP contribution is 2.42. The van der Waals surface area contributed by atoms with Gasteiger partial charge in [-0.2, -0.15) is 13.2 Å². The Morgan fingerprint density at radius 2 is 1.78 bits per heavy atom. The minimum Gasteiger partial charge on any atom is -0.348 e. The van der Waals surface area contributed by atoms with Gasteiger partial charge in [0.25, 0.3) is 0 Å². The van der Waals surface area contributed by atoms with Crippen LogP contribution < -0.4 is 9.80 Å². The Kier molecular flexibility index (Phi) is 5.07. The predicted molar refractivity (Wildman–Crippen MR) is 95.7 cm³/mol. The lowest BCUT2D eigenvalue weighted by atomic mass is 10.2. The molecule has 0 N–H and O–H groups in total. The maximum atomic E-state index is 12.9. The molecule has 23 heavy (non-hydrogen) atoms. The van der Waals surface area contributed by atoms with Crippen molar-refractivity contribution in [3.8, 4) is 0 Å². The molecule has 0 spiro atoms. The van der Waals surface area contributed by atoms with Crippen molar-refractivity contribution in [1.82, 2.24) is 4.98 Å². The molecule has 2 aromatic rings. The van der Waals surface area contributed by atoms with E-state index in [-0.39, 0.29) is 30.0 Å². The van der Waals surface area contributed by atoms with Crippen molar-refractivity contribution < 1.29 is 13.2 Å². The third-order valence-electron chi connectivity index (χ3n) is 3.72. The molecule has 1 aliphatic heterocycles. The van der Waals surface area contributed by atoms with Gasteiger partial charge in [-0.3, -0.25) is 0 Å². The Balaban J connectivity index is 0.00000192. The molecule has 2 heterocycles. The number of nitrogens with zero attached hydrogens (tertiary/aromatic N) is 3. The molecule has 1 aromatic heterocycles. The van der Waals surface area contributed by atoms with E-state index in [2.05, 4.69) is 4.98 Å². The maximum Gasteiger partial charge on any atom is 0.417 e. The average Bonchev–Trinajstić information content (AvgIpc) is 2.86. The summed E-state index contributed by atoms with van der Waals surface area (Å²) in [6, 6.07) is 10.8. The molecule has 0 saturated carbocycles. The van der Waals surface area contributed by atoms with E-state index in [1.54, 1.807) is 0 Å². The van der Waals surface area contributed by atoms with Crippen molar-refractivity contribution in [3.63, 3.8) is 0 Å². The third kappa shape index (κ3) is 3.39. The Labute approximate surface area is 150 Å². The van der Waals surface area contributed by atoms with Crippen LogP contribution in [-0.2, 0) is 6.18 Å². The van der Waals surface area contributed by atoms with Crippen LogP contribution in [0.4, 0.5) is 30.4 Å². The number of pyridine rings is 1. The second kappa shape index (κ2) is 6.54. The van der Waals surface area contributed by atoms with E-state index in [1.807, 2.05) is 54.0 Å². The van der Waals surface area contributed by atoms with E-state index < -0.39 is 11.7 Å². The van der Waals surface area contributed by atoms with Gasteiger partial charge in [-0.1, -0.05) is 18.2 Å². The van der Waals surface area contributed by atoms with Gasteiger partial charge in [0.15, 0.2) is 5.82 Å². The Bertz CT molecular complexity index is 674. The fraction of sp³-hybridized carbons (Fsp3) is 0.312. The van der Waals surface area contributed by atoms with E-state index >= 15 is 0 Å². The number of aromatic nitrogens is 1. The number of rotatable bonds is 2.